The number of aryl methyl sites for hydroxylation is 1. The number of rotatable bonds is 0. The smallest absolute Gasteiger partial charge is 0.204 e. The second-order valence-electron chi connectivity index (χ2n) is 2.97. The summed E-state index contributed by atoms with van der Waals surface area (Å²) in [4.78, 5) is 8.58. The van der Waals surface area contributed by atoms with Crippen LogP contribution in [0.15, 0.2) is 18.2 Å². The highest BCUT2D eigenvalue weighted by atomic mass is 16.1. The predicted octanol–water partition coefficient (Wildman–Crippen LogP) is 2.09. The third kappa shape index (κ3) is 4.49. The van der Waals surface area contributed by atoms with Gasteiger partial charge in [0.2, 0.25) is 6.41 Å². The molecule has 1 amide bonds. The zero-order chi connectivity index (χ0) is 11.7. The Kier molecular flexibility index (Phi) is 7.06. The molecule has 3 N–H and O–H groups in total. The molecule has 1 aliphatic rings. The maximum atomic E-state index is 8.58. The molecule has 3 heteroatoms. The lowest BCUT2D eigenvalue weighted by Crippen LogP contribution is -1.90. The van der Waals surface area contributed by atoms with Crippen LogP contribution >= 0.6 is 0 Å². The van der Waals surface area contributed by atoms with Gasteiger partial charge in [-0.15, -0.1) is 0 Å². The van der Waals surface area contributed by atoms with Crippen LogP contribution in [0.4, 0.5) is 5.69 Å². The fourth-order valence-corrected chi connectivity index (χ4v) is 1.43. The SMILES string of the molecule is CC.Cc1ccc2c(c1)CCN2.NC=O. The van der Waals surface area contributed by atoms with Crippen molar-refractivity contribution in [3.8, 4) is 0 Å². The number of primary amides is 1. The number of nitrogens with one attached hydrogen (secondary N) is 1. The topological polar surface area (TPSA) is 55.1 Å². The van der Waals surface area contributed by atoms with Gasteiger partial charge in [-0.05, 0) is 25.0 Å². The first-order valence-corrected chi connectivity index (χ1v) is 5.26. The van der Waals surface area contributed by atoms with E-state index >= 15 is 0 Å². The van der Waals surface area contributed by atoms with Crippen molar-refractivity contribution in [3.05, 3.63) is 29.3 Å². The number of hydrogen-bond donors (Lipinski definition) is 2. The van der Waals surface area contributed by atoms with Crippen LogP contribution in [0.25, 0.3) is 0 Å². The molecule has 1 aliphatic heterocycles. The lowest BCUT2D eigenvalue weighted by Gasteiger charge is -1.98. The summed E-state index contributed by atoms with van der Waals surface area (Å²) in [5, 5.41) is 3.33. The summed E-state index contributed by atoms with van der Waals surface area (Å²) in [5.41, 5.74) is 8.33. The standard InChI is InChI=1S/C9H11N.C2H6.CH3NO/c1-7-2-3-9-8(6-7)4-5-10-9;1-2;2-1-3/h2-3,6,10H,4-5H2,1H3;1-2H3;1H,(H2,2,3). The van der Waals surface area contributed by atoms with E-state index in [1.54, 1.807) is 0 Å². The minimum Gasteiger partial charge on any atom is -0.384 e. The fraction of sp³-hybridized carbons (Fsp3) is 0.417. The van der Waals surface area contributed by atoms with Gasteiger partial charge in [-0.1, -0.05) is 31.5 Å². The number of nitrogens with two attached hydrogens (primary N) is 1. The number of anilines is 1. The Hall–Kier alpha value is -1.51. The molecule has 0 radical (unpaired) electrons. The summed E-state index contributed by atoms with van der Waals surface area (Å²) >= 11 is 0. The number of fused-ring (bicyclic) bond motifs is 1. The highest BCUT2D eigenvalue weighted by Gasteiger charge is 2.07. The van der Waals surface area contributed by atoms with Crippen LogP contribution in [0.2, 0.25) is 0 Å². The first-order chi connectivity index (χ1) is 7.27. The zero-order valence-electron chi connectivity index (χ0n) is 9.71. The largest absolute Gasteiger partial charge is 0.384 e. The lowest BCUT2D eigenvalue weighted by molar-refractivity contribution is -0.106. The van der Waals surface area contributed by atoms with Crippen molar-refractivity contribution in [2.24, 2.45) is 5.73 Å². The van der Waals surface area contributed by atoms with Crippen molar-refractivity contribution in [2.45, 2.75) is 27.2 Å². The summed E-state index contributed by atoms with van der Waals surface area (Å²) in [6, 6.07) is 6.57. The fourth-order valence-electron chi connectivity index (χ4n) is 1.43. The van der Waals surface area contributed by atoms with Gasteiger partial charge in [0, 0.05) is 12.2 Å². The Bertz CT molecular complexity index is 298. The van der Waals surface area contributed by atoms with E-state index < -0.39 is 0 Å². The third-order valence-corrected chi connectivity index (χ3v) is 1.97. The molecule has 0 bridgehead atoms. The monoisotopic (exact) mass is 208 g/mol. The van der Waals surface area contributed by atoms with Crippen LogP contribution in [0.3, 0.4) is 0 Å². The average molecular weight is 208 g/mol. The van der Waals surface area contributed by atoms with Crippen molar-refractivity contribution in [1.82, 2.24) is 0 Å². The molecule has 1 aromatic carbocycles. The number of carbonyl (C=O) groups excluding carboxylic acids is 1. The van der Waals surface area contributed by atoms with Crippen molar-refractivity contribution in [1.29, 1.82) is 0 Å². The van der Waals surface area contributed by atoms with Gasteiger partial charge in [0.1, 0.15) is 0 Å². The number of benzene rings is 1. The Morgan fingerprint density at radius 1 is 1.40 bits per heavy atom. The molecule has 0 aromatic heterocycles. The van der Waals surface area contributed by atoms with Gasteiger partial charge in [-0.25, -0.2) is 0 Å². The molecule has 0 saturated carbocycles. The van der Waals surface area contributed by atoms with Gasteiger partial charge in [-0.2, -0.15) is 0 Å². The average Bonchev–Trinajstić information content (AvgIpc) is 2.69. The van der Waals surface area contributed by atoms with Gasteiger partial charge >= 0.3 is 0 Å². The molecule has 0 atom stereocenters. The van der Waals surface area contributed by atoms with Gasteiger partial charge < -0.3 is 11.1 Å². The van der Waals surface area contributed by atoms with Crippen molar-refractivity contribution in [3.63, 3.8) is 0 Å². The third-order valence-electron chi connectivity index (χ3n) is 1.97. The first-order valence-electron chi connectivity index (χ1n) is 5.26. The Morgan fingerprint density at radius 3 is 2.60 bits per heavy atom. The summed E-state index contributed by atoms with van der Waals surface area (Å²) in [5.74, 6) is 0. The van der Waals surface area contributed by atoms with Crippen LogP contribution in [0, 0.1) is 6.92 Å². The Balaban J connectivity index is 0.000000342. The van der Waals surface area contributed by atoms with Crippen LogP contribution in [-0.4, -0.2) is 13.0 Å². The van der Waals surface area contributed by atoms with E-state index in [0.29, 0.717) is 0 Å². The summed E-state index contributed by atoms with van der Waals surface area (Å²) in [6.07, 6.45) is 1.44. The van der Waals surface area contributed by atoms with Gasteiger partial charge in [0.15, 0.2) is 0 Å². The second-order valence-corrected chi connectivity index (χ2v) is 2.97. The molecule has 0 spiro atoms. The van der Waals surface area contributed by atoms with Crippen LogP contribution in [0.1, 0.15) is 25.0 Å². The molecule has 0 fully saturated rings. The van der Waals surface area contributed by atoms with E-state index in [-0.39, 0.29) is 6.41 Å². The molecule has 0 saturated heterocycles. The van der Waals surface area contributed by atoms with Crippen molar-refractivity contribution in [2.75, 3.05) is 11.9 Å². The van der Waals surface area contributed by atoms with Crippen LogP contribution < -0.4 is 11.1 Å². The van der Waals surface area contributed by atoms with E-state index in [0.717, 1.165) is 6.54 Å². The number of carbonyl (C=O) groups is 1. The summed E-state index contributed by atoms with van der Waals surface area (Å²) in [7, 11) is 0. The minimum atomic E-state index is 0.250. The lowest BCUT2D eigenvalue weighted by atomic mass is 10.1. The van der Waals surface area contributed by atoms with E-state index in [1.807, 2.05) is 13.8 Å². The maximum Gasteiger partial charge on any atom is 0.204 e. The molecular weight excluding hydrogens is 188 g/mol. The highest BCUT2D eigenvalue weighted by Crippen LogP contribution is 2.22. The predicted molar refractivity (Wildman–Crippen MR) is 65.0 cm³/mol. The maximum absolute atomic E-state index is 8.58. The molecule has 0 aliphatic carbocycles. The molecular formula is C12H20N2O. The number of amides is 1. The molecule has 1 aromatic rings. The van der Waals surface area contributed by atoms with Gasteiger partial charge in [0.05, 0.1) is 0 Å². The zero-order valence-corrected chi connectivity index (χ0v) is 9.71. The Morgan fingerprint density at radius 2 is 2.00 bits per heavy atom. The first kappa shape index (κ1) is 13.5. The minimum absolute atomic E-state index is 0.250. The molecule has 1 heterocycles. The second kappa shape index (κ2) is 7.85. The van der Waals surface area contributed by atoms with Crippen LogP contribution in [-0.2, 0) is 11.2 Å². The molecule has 3 nitrogen and oxygen atoms in total. The quantitative estimate of drug-likeness (QED) is 0.641. The summed E-state index contributed by atoms with van der Waals surface area (Å²) < 4.78 is 0. The number of hydrogen-bond acceptors (Lipinski definition) is 2. The van der Waals surface area contributed by atoms with Crippen molar-refractivity contribution >= 4 is 12.1 Å². The van der Waals surface area contributed by atoms with E-state index in [9.17, 15) is 0 Å². The summed E-state index contributed by atoms with van der Waals surface area (Å²) in [6.45, 7) is 7.25. The molecule has 0 unspecified atom stereocenters. The normalized spacial score (nSPS) is 10.9. The van der Waals surface area contributed by atoms with E-state index in [1.165, 1.54) is 23.2 Å². The Labute approximate surface area is 91.7 Å². The molecule has 15 heavy (non-hydrogen) atoms. The van der Waals surface area contributed by atoms with Gasteiger partial charge in [0.25, 0.3) is 0 Å². The molecule has 84 valence electrons. The molecule has 2 rings (SSSR count). The highest BCUT2D eigenvalue weighted by molar-refractivity contribution is 5.56. The van der Waals surface area contributed by atoms with E-state index in [2.05, 4.69) is 36.2 Å². The van der Waals surface area contributed by atoms with Crippen LogP contribution in [0.5, 0.6) is 0 Å². The van der Waals surface area contributed by atoms with E-state index in [4.69, 9.17) is 4.79 Å². The van der Waals surface area contributed by atoms with Gasteiger partial charge in [-0.3, -0.25) is 4.79 Å². The van der Waals surface area contributed by atoms with Crippen molar-refractivity contribution < 1.29 is 4.79 Å².